The molecular formula is C21H26ClN3O4. The van der Waals surface area contributed by atoms with Gasteiger partial charge in [-0.3, -0.25) is 9.59 Å². The fourth-order valence-corrected chi connectivity index (χ4v) is 3.24. The van der Waals surface area contributed by atoms with E-state index >= 15 is 0 Å². The van der Waals surface area contributed by atoms with E-state index in [0.717, 1.165) is 0 Å². The Hall–Kier alpha value is -2.77. The minimum absolute atomic E-state index is 0. The van der Waals surface area contributed by atoms with Gasteiger partial charge in [0.15, 0.2) is 0 Å². The molecule has 29 heavy (non-hydrogen) atoms. The first-order valence-corrected chi connectivity index (χ1v) is 9.06. The van der Waals surface area contributed by atoms with Crippen LogP contribution in [0.5, 0.6) is 11.5 Å². The fourth-order valence-electron chi connectivity index (χ4n) is 3.24. The van der Waals surface area contributed by atoms with E-state index in [9.17, 15) is 9.59 Å². The summed E-state index contributed by atoms with van der Waals surface area (Å²) in [4.78, 5) is 27.3. The summed E-state index contributed by atoms with van der Waals surface area (Å²) >= 11 is 0. The van der Waals surface area contributed by atoms with Gasteiger partial charge in [0.05, 0.1) is 19.9 Å². The number of nitrogens with zero attached hydrogens (tertiary/aromatic N) is 1. The van der Waals surface area contributed by atoms with Crippen LogP contribution in [0.3, 0.4) is 0 Å². The number of hydrogen-bond acceptors (Lipinski definition) is 5. The molecule has 156 valence electrons. The van der Waals surface area contributed by atoms with E-state index in [1.807, 2.05) is 18.2 Å². The van der Waals surface area contributed by atoms with Crippen LogP contribution in [-0.4, -0.2) is 38.6 Å². The van der Waals surface area contributed by atoms with E-state index in [1.54, 1.807) is 56.4 Å². The average molecular weight is 420 g/mol. The second kappa shape index (κ2) is 9.15. The van der Waals surface area contributed by atoms with Gasteiger partial charge in [-0.15, -0.1) is 12.4 Å². The van der Waals surface area contributed by atoms with Crippen molar-refractivity contribution in [2.45, 2.75) is 24.9 Å². The van der Waals surface area contributed by atoms with Crippen LogP contribution in [0, 0.1) is 0 Å². The Labute approximate surface area is 176 Å². The predicted octanol–water partition coefficient (Wildman–Crippen LogP) is 2.22. The summed E-state index contributed by atoms with van der Waals surface area (Å²) in [5.41, 5.74) is 6.38. The molecule has 1 heterocycles. The molecule has 1 aliphatic rings. The Bertz CT molecular complexity index is 851. The molecule has 0 aliphatic carbocycles. The molecule has 2 aromatic rings. The molecule has 1 fully saturated rings. The number of benzene rings is 2. The molecule has 1 aliphatic heterocycles. The van der Waals surface area contributed by atoms with Crippen LogP contribution in [0.2, 0.25) is 0 Å². The Kier molecular flexibility index (Phi) is 7.11. The number of nitrogens with one attached hydrogen (secondary N) is 1. The number of methoxy groups -OCH3 is 2. The van der Waals surface area contributed by atoms with Crippen LogP contribution in [-0.2, 0) is 15.1 Å². The molecule has 1 saturated heterocycles. The summed E-state index contributed by atoms with van der Waals surface area (Å²) in [7, 11) is 3.11. The number of anilines is 1. The zero-order valence-electron chi connectivity index (χ0n) is 16.7. The second-order valence-electron chi connectivity index (χ2n) is 6.94. The van der Waals surface area contributed by atoms with Crippen molar-refractivity contribution >= 4 is 29.9 Å². The third-order valence-electron chi connectivity index (χ3n) is 5.00. The van der Waals surface area contributed by atoms with Crippen molar-refractivity contribution in [2.75, 3.05) is 25.7 Å². The first-order valence-electron chi connectivity index (χ1n) is 9.06. The van der Waals surface area contributed by atoms with Gasteiger partial charge in [-0.1, -0.05) is 30.3 Å². The molecule has 3 N–H and O–H groups in total. The summed E-state index contributed by atoms with van der Waals surface area (Å²) in [5, 5.41) is 2.81. The minimum atomic E-state index is -1.23. The molecule has 2 atom stereocenters. The van der Waals surface area contributed by atoms with E-state index in [-0.39, 0.29) is 24.2 Å². The molecular weight excluding hydrogens is 394 g/mol. The summed E-state index contributed by atoms with van der Waals surface area (Å²) in [6.07, 6.45) is 0.495. The molecule has 2 unspecified atom stereocenters. The van der Waals surface area contributed by atoms with Crippen LogP contribution >= 0.6 is 12.4 Å². The maximum atomic E-state index is 12.9. The van der Waals surface area contributed by atoms with Gasteiger partial charge in [0, 0.05) is 24.7 Å². The van der Waals surface area contributed by atoms with Gasteiger partial charge in [-0.2, -0.15) is 0 Å². The number of hydrogen-bond donors (Lipinski definition) is 2. The van der Waals surface area contributed by atoms with Crippen LogP contribution in [0.4, 0.5) is 5.69 Å². The zero-order valence-corrected chi connectivity index (χ0v) is 17.5. The highest BCUT2D eigenvalue weighted by Gasteiger charge is 2.38. The minimum Gasteiger partial charge on any atom is -0.497 e. The molecule has 7 nitrogen and oxygen atoms in total. The van der Waals surface area contributed by atoms with Crippen molar-refractivity contribution in [3.8, 4) is 11.5 Å². The number of halogens is 1. The maximum Gasteiger partial charge on any atom is 0.249 e. The van der Waals surface area contributed by atoms with Gasteiger partial charge in [0.25, 0.3) is 0 Å². The van der Waals surface area contributed by atoms with Gasteiger partial charge in [-0.05, 0) is 18.9 Å². The number of amides is 2. The Morgan fingerprint density at radius 2 is 1.72 bits per heavy atom. The number of nitrogens with two attached hydrogens (primary N) is 1. The third-order valence-corrected chi connectivity index (χ3v) is 5.00. The second-order valence-corrected chi connectivity index (χ2v) is 6.94. The van der Waals surface area contributed by atoms with Gasteiger partial charge in [0.1, 0.15) is 23.1 Å². The fraction of sp³-hybridized carbons (Fsp3) is 0.333. The standard InChI is InChI=1S/C21H25N3O4.ClH/c1-21(22,14-7-5-4-6-8-14)20(26)23-18-9-10-24(19(18)25)15-11-16(27-2)13-17(12-15)28-3;/h4-8,11-13,18H,9-10,22H2,1-3H3,(H,23,26);1H. The molecule has 0 radical (unpaired) electrons. The lowest BCUT2D eigenvalue weighted by Crippen LogP contribution is -2.53. The largest absolute Gasteiger partial charge is 0.497 e. The summed E-state index contributed by atoms with van der Waals surface area (Å²) in [6, 6.07) is 13.7. The lowest BCUT2D eigenvalue weighted by Gasteiger charge is -2.26. The molecule has 0 aromatic heterocycles. The van der Waals surface area contributed by atoms with Crippen LogP contribution < -0.4 is 25.4 Å². The van der Waals surface area contributed by atoms with Crippen molar-refractivity contribution in [1.82, 2.24) is 5.32 Å². The highest BCUT2D eigenvalue weighted by Crippen LogP contribution is 2.31. The molecule has 0 saturated carbocycles. The highest BCUT2D eigenvalue weighted by atomic mass is 35.5. The lowest BCUT2D eigenvalue weighted by molar-refractivity contribution is -0.130. The number of carbonyl (C=O) groups excluding carboxylic acids is 2. The SMILES string of the molecule is COc1cc(OC)cc(N2CCC(NC(=O)C(C)(N)c3ccccc3)C2=O)c1.Cl. The molecule has 2 aromatic carbocycles. The van der Waals surface area contributed by atoms with Crippen molar-refractivity contribution < 1.29 is 19.1 Å². The summed E-state index contributed by atoms with van der Waals surface area (Å²) < 4.78 is 10.5. The van der Waals surface area contributed by atoms with E-state index < -0.39 is 11.6 Å². The van der Waals surface area contributed by atoms with Crippen LogP contribution in [0.15, 0.2) is 48.5 Å². The number of carbonyl (C=O) groups is 2. The van der Waals surface area contributed by atoms with Crippen molar-refractivity contribution in [3.63, 3.8) is 0 Å². The smallest absolute Gasteiger partial charge is 0.249 e. The van der Waals surface area contributed by atoms with Crippen molar-refractivity contribution in [3.05, 3.63) is 54.1 Å². The van der Waals surface area contributed by atoms with E-state index in [4.69, 9.17) is 15.2 Å². The third kappa shape index (κ3) is 4.63. The normalized spacial score (nSPS) is 17.9. The average Bonchev–Trinajstić information content (AvgIpc) is 3.08. The van der Waals surface area contributed by atoms with Crippen molar-refractivity contribution in [2.24, 2.45) is 5.73 Å². The van der Waals surface area contributed by atoms with Gasteiger partial charge in [0.2, 0.25) is 11.8 Å². The number of ether oxygens (including phenoxy) is 2. The van der Waals surface area contributed by atoms with E-state index in [2.05, 4.69) is 5.32 Å². The Balaban J connectivity index is 0.00000300. The Morgan fingerprint density at radius 1 is 1.14 bits per heavy atom. The summed E-state index contributed by atoms with van der Waals surface area (Å²) in [6.45, 7) is 2.12. The lowest BCUT2D eigenvalue weighted by atomic mass is 9.92. The van der Waals surface area contributed by atoms with E-state index in [1.165, 1.54) is 0 Å². The van der Waals surface area contributed by atoms with Gasteiger partial charge in [-0.25, -0.2) is 0 Å². The predicted molar refractivity (Wildman–Crippen MR) is 114 cm³/mol. The van der Waals surface area contributed by atoms with Crippen LogP contribution in [0.1, 0.15) is 18.9 Å². The van der Waals surface area contributed by atoms with Gasteiger partial charge >= 0.3 is 0 Å². The summed E-state index contributed by atoms with van der Waals surface area (Å²) in [5.74, 6) is 0.608. The Morgan fingerprint density at radius 3 is 2.28 bits per heavy atom. The maximum absolute atomic E-state index is 12.9. The monoisotopic (exact) mass is 419 g/mol. The first kappa shape index (κ1) is 22.5. The van der Waals surface area contributed by atoms with Gasteiger partial charge < -0.3 is 25.4 Å². The molecule has 0 spiro atoms. The van der Waals surface area contributed by atoms with Crippen molar-refractivity contribution in [1.29, 1.82) is 0 Å². The molecule has 0 bridgehead atoms. The topological polar surface area (TPSA) is 93.9 Å². The molecule has 3 rings (SSSR count). The number of rotatable bonds is 6. The van der Waals surface area contributed by atoms with E-state index in [0.29, 0.717) is 35.7 Å². The molecule has 8 heteroatoms. The highest BCUT2D eigenvalue weighted by molar-refractivity contribution is 6.02. The quantitative estimate of drug-likeness (QED) is 0.748. The first-order chi connectivity index (χ1) is 13.4. The van der Waals surface area contributed by atoms with Crippen LogP contribution in [0.25, 0.3) is 0 Å². The molecule has 2 amide bonds. The zero-order chi connectivity index (χ0) is 20.3.